The van der Waals surface area contributed by atoms with E-state index in [0.717, 1.165) is 84.6 Å². The van der Waals surface area contributed by atoms with E-state index in [1.165, 1.54) is 33.4 Å². The Morgan fingerprint density at radius 2 is 0.512 bits per heavy atom. The van der Waals surface area contributed by atoms with Crippen LogP contribution in [-0.2, 0) is 0 Å². The molecule has 0 aromatic heterocycles. The number of anilines is 9. The van der Waals surface area contributed by atoms with Crippen LogP contribution in [0.2, 0.25) is 0 Å². The van der Waals surface area contributed by atoms with E-state index in [4.69, 9.17) is 6.57 Å². The van der Waals surface area contributed by atoms with Crippen LogP contribution in [0.3, 0.4) is 0 Å². The van der Waals surface area contributed by atoms with Gasteiger partial charge in [0.2, 0.25) is 5.69 Å². The summed E-state index contributed by atoms with van der Waals surface area (Å²) in [6.45, 7) is 27.6. The minimum atomic E-state index is 0.221. The molecular formula is C78H66N6. The average Bonchev–Trinajstić information content (AvgIpc) is 2.21. The van der Waals surface area contributed by atoms with Crippen LogP contribution in [0.25, 0.3) is 41.3 Å². The summed E-state index contributed by atoms with van der Waals surface area (Å²) in [5.74, 6) is 0. The molecule has 0 unspecified atom stereocenters. The van der Waals surface area contributed by atoms with Crippen molar-refractivity contribution in [2.24, 2.45) is 0 Å². The quantitative estimate of drug-likeness (QED) is 0.0756. The number of nitriles is 2. The Balaban J connectivity index is 1.08. The van der Waals surface area contributed by atoms with Crippen LogP contribution < -0.4 is 14.7 Å². The van der Waals surface area contributed by atoms with Crippen LogP contribution in [0.1, 0.15) is 94.6 Å². The number of hydrogen-bond donors (Lipinski definition) is 0. The summed E-state index contributed by atoms with van der Waals surface area (Å²) >= 11 is 0. The third-order valence-corrected chi connectivity index (χ3v) is 15.5. The largest absolute Gasteiger partial charge is 0.310 e. The Bertz CT molecular complexity index is 3670. The number of aryl methyl sites for hydroxylation is 9. The van der Waals surface area contributed by atoms with Gasteiger partial charge in [0.1, 0.15) is 0 Å². The fourth-order valence-corrected chi connectivity index (χ4v) is 10.6. The zero-order chi connectivity index (χ0) is 59.0. The number of nitrogens with zero attached hydrogens (tertiary/aromatic N) is 6. The average molecular weight is 1090 g/mol. The first-order chi connectivity index (χ1) is 40.7. The van der Waals surface area contributed by atoms with Gasteiger partial charge in [-0.25, -0.2) is 4.85 Å². The molecule has 0 spiro atoms. The third-order valence-electron chi connectivity index (χ3n) is 15.5. The van der Waals surface area contributed by atoms with E-state index in [2.05, 4.69) is 294 Å². The minimum absolute atomic E-state index is 0.221. The van der Waals surface area contributed by atoms with Gasteiger partial charge in [0, 0.05) is 56.7 Å². The van der Waals surface area contributed by atoms with Crippen LogP contribution in [-0.4, -0.2) is 0 Å². The maximum atomic E-state index is 11.3. The van der Waals surface area contributed by atoms with Gasteiger partial charge in [-0.3, -0.25) is 0 Å². The molecule has 0 heterocycles. The number of hydrogen-bond acceptors (Lipinski definition) is 5. The topological polar surface area (TPSA) is 61.7 Å². The van der Waals surface area contributed by atoms with Crippen LogP contribution in [0.4, 0.5) is 56.9 Å². The van der Waals surface area contributed by atoms with Gasteiger partial charge in [-0.1, -0.05) is 161 Å². The third kappa shape index (κ3) is 12.3. The van der Waals surface area contributed by atoms with E-state index >= 15 is 0 Å². The maximum absolute atomic E-state index is 11.3. The highest BCUT2D eigenvalue weighted by molar-refractivity contribution is 5.96. The fourth-order valence-electron chi connectivity index (χ4n) is 10.6. The molecule has 84 heavy (non-hydrogen) atoms. The minimum Gasteiger partial charge on any atom is -0.310 e. The lowest BCUT2D eigenvalue weighted by Crippen LogP contribution is -2.10. The van der Waals surface area contributed by atoms with Gasteiger partial charge in [-0.2, -0.15) is 10.5 Å². The van der Waals surface area contributed by atoms with Crippen molar-refractivity contribution in [2.75, 3.05) is 14.7 Å². The predicted molar refractivity (Wildman–Crippen MR) is 355 cm³/mol. The van der Waals surface area contributed by atoms with Crippen LogP contribution in [0.15, 0.2) is 200 Å². The van der Waals surface area contributed by atoms with Crippen LogP contribution in [0.5, 0.6) is 0 Å². The first-order valence-corrected chi connectivity index (χ1v) is 28.3. The van der Waals surface area contributed by atoms with E-state index in [0.29, 0.717) is 16.7 Å². The molecule has 0 N–H and O–H groups in total. The molecule has 0 aliphatic carbocycles. The van der Waals surface area contributed by atoms with Crippen molar-refractivity contribution in [3.8, 4) is 12.1 Å². The lowest BCUT2D eigenvalue weighted by molar-refractivity contribution is 1.25. The molecule has 6 heteroatoms. The van der Waals surface area contributed by atoms with Crippen molar-refractivity contribution in [2.45, 2.75) is 62.3 Å². The summed E-state index contributed by atoms with van der Waals surface area (Å²) in [5.41, 5.74) is 24.2. The highest BCUT2D eigenvalue weighted by Crippen LogP contribution is 2.42. The zero-order valence-electron chi connectivity index (χ0n) is 49.2. The van der Waals surface area contributed by atoms with E-state index in [-0.39, 0.29) is 16.8 Å². The van der Waals surface area contributed by atoms with Gasteiger partial charge in [-0.05, 0) is 216 Å². The van der Waals surface area contributed by atoms with Crippen molar-refractivity contribution < 1.29 is 0 Å². The Kier molecular flexibility index (Phi) is 16.8. The Morgan fingerprint density at radius 3 is 0.714 bits per heavy atom. The standard InChI is InChI=1S/C78H66N6/c1-52-11-29-64(30-12-52)82(65-31-13-53(2)14-32-65)70-41-23-61(58(7)47-70)26-44-73-76(50-79)74(45-27-62-24-42-71(48-59(62)8)83(66-33-15-54(3)16-34-66)67-35-17-55(4)18-36-67)78(81-10)75(77(73)51-80)46-28-63-25-43-72(49-60(63)9)84(68-37-19-56(5)20-38-68)69-39-21-57(6)22-40-69/h11-49H,1-9H3/b44-26+,45-27+,46-28+. The van der Waals surface area contributed by atoms with E-state index in [1.54, 1.807) is 0 Å². The Labute approximate surface area is 496 Å². The summed E-state index contributed by atoms with van der Waals surface area (Å²) in [6.07, 6.45) is 11.5. The van der Waals surface area contributed by atoms with Crippen molar-refractivity contribution in [1.82, 2.24) is 0 Å². The molecule has 0 atom stereocenters. The summed E-state index contributed by atoms with van der Waals surface area (Å²) in [7, 11) is 0. The van der Waals surface area contributed by atoms with Gasteiger partial charge in [0.05, 0.1) is 29.8 Å². The molecule has 10 rings (SSSR count). The lowest BCUT2D eigenvalue weighted by atomic mass is 9.88. The number of rotatable bonds is 15. The molecule has 10 aromatic rings. The molecular weight excluding hydrogens is 1020 g/mol. The van der Waals surface area contributed by atoms with Gasteiger partial charge < -0.3 is 14.7 Å². The summed E-state index contributed by atoms with van der Waals surface area (Å²) in [4.78, 5) is 10.9. The maximum Gasteiger partial charge on any atom is 0.204 e. The van der Waals surface area contributed by atoms with E-state index in [9.17, 15) is 10.5 Å². The van der Waals surface area contributed by atoms with Gasteiger partial charge >= 0.3 is 0 Å². The van der Waals surface area contributed by atoms with Crippen LogP contribution >= 0.6 is 0 Å². The fraction of sp³-hybridized carbons (Fsp3) is 0.115. The van der Waals surface area contributed by atoms with E-state index in [1.807, 2.05) is 36.5 Å². The SMILES string of the molecule is [C-]#[N+]c1c(/C=C/c2ccc(N(c3ccc(C)cc3)c3ccc(C)cc3)cc2C)c(C#N)c(/C=C/c2ccc(N(c3ccc(C)cc3)c3ccc(C)cc3)cc2C)c(C#N)c1/C=C/c1ccc(N(c2ccc(C)cc2)c2ccc(C)cc2)cc1C. The highest BCUT2D eigenvalue weighted by Gasteiger charge is 2.23. The summed E-state index contributed by atoms with van der Waals surface area (Å²) < 4.78 is 0. The second kappa shape index (κ2) is 25.0. The highest BCUT2D eigenvalue weighted by atomic mass is 15.2. The van der Waals surface area contributed by atoms with Crippen molar-refractivity contribution in [3.05, 3.63) is 306 Å². The molecule has 0 amide bonds. The Morgan fingerprint density at radius 1 is 0.298 bits per heavy atom. The molecule has 408 valence electrons. The molecule has 0 saturated heterocycles. The second-order valence-electron chi connectivity index (χ2n) is 21.8. The number of benzene rings is 10. The van der Waals surface area contributed by atoms with Crippen LogP contribution in [0, 0.1) is 91.5 Å². The predicted octanol–water partition coefficient (Wildman–Crippen LogP) is 21.7. The van der Waals surface area contributed by atoms with Crippen molar-refractivity contribution in [1.29, 1.82) is 10.5 Å². The first kappa shape index (κ1) is 56.6. The molecule has 0 radical (unpaired) electrons. The first-order valence-electron chi connectivity index (χ1n) is 28.3. The van der Waals surface area contributed by atoms with E-state index < -0.39 is 0 Å². The molecule has 0 aliphatic rings. The summed E-state index contributed by atoms with van der Waals surface area (Å²) in [5, 5.41) is 22.5. The molecule has 0 fully saturated rings. The molecule has 0 saturated carbocycles. The molecule has 10 aromatic carbocycles. The summed E-state index contributed by atoms with van der Waals surface area (Å²) in [6, 6.07) is 75.3. The monoisotopic (exact) mass is 1090 g/mol. The van der Waals surface area contributed by atoms with Crippen molar-refractivity contribution in [3.63, 3.8) is 0 Å². The Hall–Kier alpha value is -10.7. The zero-order valence-corrected chi connectivity index (χ0v) is 49.2. The van der Waals surface area contributed by atoms with Crippen molar-refractivity contribution >= 4 is 93.3 Å². The smallest absolute Gasteiger partial charge is 0.204 e. The van der Waals surface area contributed by atoms with Gasteiger partial charge in [0.25, 0.3) is 0 Å². The molecule has 0 aliphatic heterocycles. The second-order valence-corrected chi connectivity index (χ2v) is 21.8. The van der Waals surface area contributed by atoms with Gasteiger partial charge in [-0.15, -0.1) is 0 Å². The van der Waals surface area contributed by atoms with Gasteiger partial charge in [0.15, 0.2) is 0 Å². The lowest BCUT2D eigenvalue weighted by Gasteiger charge is -2.26. The normalized spacial score (nSPS) is 11.2. The molecule has 0 bridgehead atoms. The molecule has 6 nitrogen and oxygen atoms in total.